The molecule has 1 heterocycles. The van der Waals surface area contributed by atoms with Crippen LogP contribution in [0.25, 0.3) is 0 Å². The van der Waals surface area contributed by atoms with Crippen LogP contribution in [0.1, 0.15) is 23.2 Å². The van der Waals surface area contributed by atoms with Gasteiger partial charge in [0.1, 0.15) is 12.4 Å². The molecule has 1 fully saturated rings. The Kier molecular flexibility index (Phi) is 7.18. The quantitative estimate of drug-likeness (QED) is 0.717. The van der Waals surface area contributed by atoms with Gasteiger partial charge in [-0.1, -0.05) is 29.3 Å². The third-order valence-corrected chi connectivity index (χ3v) is 5.20. The molecule has 0 spiro atoms. The van der Waals surface area contributed by atoms with Gasteiger partial charge in [0.2, 0.25) is 5.91 Å². The first-order chi connectivity index (χ1) is 13.5. The van der Waals surface area contributed by atoms with Gasteiger partial charge in [-0.15, -0.1) is 0 Å². The van der Waals surface area contributed by atoms with Crippen LogP contribution in [0.4, 0.5) is 0 Å². The smallest absolute Gasteiger partial charge is 0.253 e. The molecule has 2 aromatic rings. The van der Waals surface area contributed by atoms with Crippen LogP contribution < -0.4 is 10.1 Å². The minimum atomic E-state index is -0.0829. The van der Waals surface area contributed by atoms with E-state index < -0.39 is 0 Å². The highest BCUT2D eigenvalue weighted by atomic mass is 35.5. The van der Waals surface area contributed by atoms with Crippen molar-refractivity contribution in [1.82, 2.24) is 10.2 Å². The number of ether oxygens (including phenoxy) is 1. The van der Waals surface area contributed by atoms with E-state index in [9.17, 15) is 9.59 Å². The highest BCUT2D eigenvalue weighted by Crippen LogP contribution is 2.20. The largest absolute Gasteiger partial charge is 0.492 e. The maximum atomic E-state index is 12.5. The first-order valence-corrected chi connectivity index (χ1v) is 9.99. The van der Waals surface area contributed by atoms with Crippen LogP contribution in [0.15, 0.2) is 48.5 Å². The van der Waals surface area contributed by atoms with Crippen LogP contribution in [-0.2, 0) is 4.79 Å². The third kappa shape index (κ3) is 5.63. The van der Waals surface area contributed by atoms with Crippen molar-refractivity contribution in [3.8, 4) is 5.75 Å². The van der Waals surface area contributed by atoms with E-state index in [2.05, 4.69) is 5.32 Å². The molecule has 1 aliphatic heterocycles. The van der Waals surface area contributed by atoms with E-state index in [-0.39, 0.29) is 17.7 Å². The van der Waals surface area contributed by atoms with Crippen molar-refractivity contribution in [2.75, 3.05) is 26.2 Å². The molecule has 148 valence electrons. The molecule has 1 N–H and O–H groups in total. The van der Waals surface area contributed by atoms with Gasteiger partial charge in [0.15, 0.2) is 0 Å². The number of piperidine rings is 1. The number of benzene rings is 2. The van der Waals surface area contributed by atoms with E-state index in [1.807, 2.05) is 12.1 Å². The predicted molar refractivity (Wildman–Crippen MR) is 110 cm³/mol. The number of nitrogens with one attached hydrogen (secondary N) is 1. The standard InChI is InChI=1S/C21H22Cl2N2O3/c22-17-6-4-16(5-7-17)21(27)25-11-8-15(9-12-25)20(26)24-10-13-28-19-3-1-2-18(23)14-19/h1-7,14-15H,8-13H2,(H,24,26). The molecular formula is C21H22Cl2N2O3. The molecule has 1 aliphatic rings. The molecule has 5 nitrogen and oxygen atoms in total. The summed E-state index contributed by atoms with van der Waals surface area (Å²) in [6.45, 7) is 1.94. The van der Waals surface area contributed by atoms with Crippen molar-refractivity contribution in [2.24, 2.45) is 5.92 Å². The van der Waals surface area contributed by atoms with E-state index in [1.54, 1.807) is 41.3 Å². The molecule has 7 heteroatoms. The van der Waals surface area contributed by atoms with E-state index in [4.69, 9.17) is 27.9 Å². The molecule has 0 unspecified atom stereocenters. The lowest BCUT2D eigenvalue weighted by Gasteiger charge is -2.31. The summed E-state index contributed by atoms with van der Waals surface area (Å²) in [6.07, 6.45) is 1.31. The molecule has 0 atom stereocenters. The Labute approximate surface area is 174 Å². The Hall–Kier alpha value is -2.24. The number of carbonyl (C=O) groups excluding carboxylic acids is 2. The van der Waals surface area contributed by atoms with Crippen LogP contribution in [0.3, 0.4) is 0 Å². The Morgan fingerprint density at radius 3 is 2.43 bits per heavy atom. The lowest BCUT2D eigenvalue weighted by atomic mass is 9.95. The van der Waals surface area contributed by atoms with E-state index in [0.29, 0.717) is 60.4 Å². The molecule has 28 heavy (non-hydrogen) atoms. The van der Waals surface area contributed by atoms with Gasteiger partial charge in [0.25, 0.3) is 5.91 Å². The van der Waals surface area contributed by atoms with Gasteiger partial charge in [-0.3, -0.25) is 9.59 Å². The fraction of sp³-hybridized carbons (Fsp3) is 0.333. The van der Waals surface area contributed by atoms with Crippen LogP contribution >= 0.6 is 23.2 Å². The summed E-state index contributed by atoms with van der Waals surface area (Å²) in [5.41, 5.74) is 0.616. The van der Waals surface area contributed by atoms with Crippen molar-refractivity contribution in [3.63, 3.8) is 0 Å². The predicted octanol–water partition coefficient (Wildman–Crippen LogP) is 4.04. The van der Waals surface area contributed by atoms with Crippen LogP contribution in [0, 0.1) is 5.92 Å². The van der Waals surface area contributed by atoms with Crippen molar-refractivity contribution in [3.05, 3.63) is 64.1 Å². The van der Waals surface area contributed by atoms with E-state index >= 15 is 0 Å². The minimum absolute atomic E-state index is 0.00767. The Balaban J connectivity index is 1.38. The number of hydrogen-bond donors (Lipinski definition) is 1. The summed E-state index contributed by atoms with van der Waals surface area (Å²) in [4.78, 5) is 26.6. The highest BCUT2D eigenvalue weighted by Gasteiger charge is 2.27. The van der Waals surface area contributed by atoms with Crippen LogP contribution in [0.2, 0.25) is 10.0 Å². The van der Waals surface area contributed by atoms with Gasteiger partial charge in [0.05, 0.1) is 6.54 Å². The van der Waals surface area contributed by atoms with Gasteiger partial charge in [-0.25, -0.2) is 0 Å². The molecule has 0 saturated carbocycles. The van der Waals surface area contributed by atoms with Crippen molar-refractivity contribution < 1.29 is 14.3 Å². The summed E-state index contributed by atoms with van der Waals surface area (Å²) in [6, 6.07) is 14.0. The van der Waals surface area contributed by atoms with Gasteiger partial charge in [0, 0.05) is 34.6 Å². The first kappa shape index (κ1) is 20.5. The number of likely N-dealkylation sites (tertiary alicyclic amines) is 1. The Bertz CT molecular complexity index is 819. The van der Waals surface area contributed by atoms with Crippen molar-refractivity contribution >= 4 is 35.0 Å². The molecule has 2 aromatic carbocycles. The molecule has 1 saturated heterocycles. The maximum Gasteiger partial charge on any atom is 0.253 e. The van der Waals surface area contributed by atoms with E-state index in [0.717, 1.165) is 0 Å². The van der Waals surface area contributed by atoms with Gasteiger partial charge in [-0.05, 0) is 55.3 Å². The van der Waals surface area contributed by atoms with Crippen LogP contribution in [-0.4, -0.2) is 43.0 Å². The summed E-state index contributed by atoms with van der Waals surface area (Å²) in [7, 11) is 0. The molecule has 0 bridgehead atoms. The maximum absolute atomic E-state index is 12.5. The second-order valence-corrected chi connectivity index (χ2v) is 7.54. The van der Waals surface area contributed by atoms with E-state index in [1.165, 1.54) is 0 Å². The molecule has 2 amide bonds. The number of halogens is 2. The van der Waals surface area contributed by atoms with Crippen molar-refractivity contribution in [1.29, 1.82) is 0 Å². The SMILES string of the molecule is O=C(NCCOc1cccc(Cl)c1)C1CCN(C(=O)c2ccc(Cl)cc2)CC1. The molecule has 3 rings (SSSR count). The van der Waals surface area contributed by atoms with Gasteiger partial charge in [-0.2, -0.15) is 0 Å². The third-order valence-electron chi connectivity index (χ3n) is 4.71. The zero-order chi connectivity index (χ0) is 19.9. The summed E-state index contributed by atoms with van der Waals surface area (Å²) < 4.78 is 5.57. The Morgan fingerprint density at radius 2 is 1.75 bits per heavy atom. The first-order valence-electron chi connectivity index (χ1n) is 9.24. The number of amides is 2. The lowest BCUT2D eigenvalue weighted by Crippen LogP contribution is -2.43. The summed E-state index contributed by atoms with van der Waals surface area (Å²) in [5.74, 6) is 0.579. The summed E-state index contributed by atoms with van der Waals surface area (Å²) >= 11 is 11.8. The number of rotatable bonds is 6. The number of nitrogens with zero attached hydrogens (tertiary/aromatic N) is 1. The molecular weight excluding hydrogens is 399 g/mol. The summed E-state index contributed by atoms with van der Waals surface area (Å²) in [5, 5.41) is 4.12. The zero-order valence-electron chi connectivity index (χ0n) is 15.4. The molecule has 0 radical (unpaired) electrons. The zero-order valence-corrected chi connectivity index (χ0v) is 16.9. The van der Waals surface area contributed by atoms with Gasteiger partial charge < -0.3 is 15.0 Å². The Morgan fingerprint density at radius 1 is 1.04 bits per heavy atom. The topological polar surface area (TPSA) is 58.6 Å². The fourth-order valence-corrected chi connectivity index (χ4v) is 3.47. The second kappa shape index (κ2) is 9.80. The average Bonchev–Trinajstić information content (AvgIpc) is 2.71. The average molecular weight is 421 g/mol. The van der Waals surface area contributed by atoms with Gasteiger partial charge >= 0.3 is 0 Å². The molecule has 0 aromatic heterocycles. The molecule has 0 aliphatic carbocycles. The lowest BCUT2D eigenvalue weighted by molar-refractivity contribution is -0.126. The minimum Gasteiger partial charge on any atom is -0.492 e. The number of hydrogen-bond acceptors (Lipinski definition) is 3. The highest BCUT2D eigenvalue weighted by molar-refractivity contribution is 6.31. The number of carbonyl (C=O) groups is 2. The fourth-order valence-electron chi connectivity index (χ4n) is 3.16. The van der Waals surface area contributed by atoms with Crippen LogP contribution in [0.5, 0.6) is 5.75 Å². The monoisotopic (exact) mass is 420 g/mol. The second-order valence-electron chi connectivity index (χ2n) is 6.67. The van der Waals surface area contributed by atoms with Crippen molar-refractivity contribution in [2.45, 2.75) is 12.8 Å². The normalized spacial score (nSPS) is 14.6.